The lowest BCUT2D eigenvalue weighted by atomic mass is 10.1. The molecule has 0 bridgehead atoms. The molecule has 0 saturated carbocycles. The Bertz CT molecular complexity index is 667. The number of carboxylic acid groups (broad SMARTS) is 1. The number of aliphatic carboxylic acids is 1. The fourth-order valence-corrected chi connectivity index (χ4v) is 2.09. The average molecular weight is 322 g/mol. The Hall–Kier alpha value is -2.34. The lowest BCUT2D eigenvalue weighted by molar-refractivity contribution is -0.139. The number of halogens is 1. The molecule has 0 radical (unpaired) electrons. The summed E-state index contributed by atoms with van der Waals surface area (Å²) in [6, 6.07) is 7.62. The fraction of sp³-hybridized carbons (Fsp3) is 0.267. The van der Waals surface area contributed by atoms with Gasteiger partial charge in [-0.15, -0.1) is 0 Å². The second-order valence-electron chi connectivity index (χ2n) is 4.77. The van der Waals surface area contributed by atoms with Crippen molar-refractivity contribution in [3.63, 3.8) is 0 Å². The van der Waals surface area contributed by atoms with E-state index in [1.807, 2.05) is 6.92 Å². The van der Waals surface area contributed by atoms with E-state index in [-0.39, 0.29) is 5.69 Å². The van der Waals surface area contributed by atoms with Gasteiger partial charge in [0.2, 0.25) is 0 Å². The third-order valence-corrected chi connectivity index (χ3v) is 3.35. The first kappa shape index (κ1) is 16.0. The Morgan fingerprint density at radius 2 is 2.00 bits per heavy atom. The Morgan fingerprint density at radius 1 is 1.32 bits per heavy atom. The van der Waals surface area contributed by atoms with Crippen molar-refractivity contribution < 1.29 is 14.7 Å². The predicted octanol–water partition coefficient (Wildman–Crippen LogP) is 2.51. The molecule has 22 heavy (non-hydrogen) atoms. The minimum atomic E-state index is -1.05. The van der Waals surface area contributed by atoms with Crippen molar-refractivity contribution in [2.45, 2.75) is 25.8 Å². The molecule has 7 heteroatoms. The van der Waals surface area contributed by atoms with Gasteiger partial charge in [0, 0.05) is 11.2 Å². The van der Waals surface area contributed by atoms with Crippen LogP contribution in [0.4, 0.5) is 0 Å². The van der Waals surface area contributed by atoms with Crippen molar-refractivity contribution in [1.29, 1.82) is 0 Å². The number of benzene rings is 1. The van der Waals surface area contributed by atoms with Crippen molar-refractivity contribution in [3.8, 4) is 5.69 Å². The van der Waals surface area contributed by atoms with Gasteiger partial charge < -0.3 is 10.4 Å². The molecule has 2 rings (SSSR count). The molecule has 116 valence electrons. The van der Waals surface area contributed by atoms with E-state index >= 15 is 0 Å². The summed E-state index contributed by atoms with van der Waals surface area (Å²) in [5.74, 6) is -1.55. The minimum Gasteiger partial charge on any atom is -0.480 e. The second kappa shape index (κ2) is 7.09. The summed E-state index contributed by atoms with van der Waals surface area (Å²) in [5.41, 5.74) is 0.920. The van der Waals surface area contributed by atoms with Crippen molar-refractivity contribution in [2.24, 2.45) is 0 Å². The van der Waals surface area contributed by atoms with Gasteiger partial charge in [-0.1, -0.05) is 24.9 Å². The number of amides is 1. The van der Waals surface area contributed by atoms with Crippen LogP contribution in [0.1, 0.15) is 30.3 Å². The number of aromatic nitrogens is 2. The van der Waals surface area contributed by atoms with E-state index in [4.69, 9.17) is 16.7 Å². The van der Waals surface area contributed by atoms with E-state index in [1.54, 1.807) is 30.5 Å². The van der Waals surface area contributed by atoms with Crippen LogP contribution in [-0.4, -0.2) is 32.8 Å². The lowest BCUT2D eigenvalue weighted by Gasteiger charge is -2.12. The summed E-state index contributed by atoms with van der Waals surface area (Å²) in [6.45, 7) is 1.86. The molecular formula is C15H16ClN3O3. The largest absolute Gasteiger partial charge is 0.480 e. The molecule has 1 aromatic carbocycles. The first-order chi connectivity index (χ1) is 10.5. The highest BCUT2D eigenvalue weighted by Crippen LogP contribution is 2.13. The van der Waals surface area contributed by atoms with Gasteiger partial charge in [0.1, 0.15) is 6.04 Å². The highest BCUT2D eigenvalue weighted by atomic mass is 35.5. The molecule has 0 saturated heterocycles. The number of nitrogens with zero attached hydrogens (tertiary/aromatic N) is 2. The van der Waals surface area contributed by atoms with Gasteiger partial charge in [-0.05, 0) is 36.8 Å². The number of carboxylic acids is 1. The molecule has 0 fully saturated rings. The Morgan fingerprint density at radius 3 is 2.59 bits per heavy atom. The second-order valence-corrected chi connectivity index (χ2v) is 5.21. The molecule has 1 atom stereocenters. The number of carbonyl (C=O) groups excluding carboxylic acids is 1. The van der Waals surface area contributed by atoms with Crippen molar-refractivity contribution in [2.75, 3.05) is 0 Å². The lowest BCUT2D eigenvalue weighted by Crippen LogP contribution is -2.40. The van der Waals surface area contributed by atoms with Gasteiger partial charge in [0.15, 0.2) is 5.69 Å². The number of carbonyl (C=O) groups is 2. The van der Waals surface area contributed by atoms with Gasteiger partial charge in [0.05, 0.1) is 5.69 Å². The Balaban J connectivity index is 2.11. The maximum atomic E-state index is 12.1. The van der Waals surface area contributed by atoms with E-state index in [0.717, 1.165) is 5.69 Å². The molecule has 2 N–H and O–H groups in total. The van der Waals surface area contributed by atoms with E-state index in [0.29, 0.717) is 17.9 Å². The van der Waals surface area contributed by atoms with Crippen LogP contribution in [0.2, 0.25) is 5.02 Å². The quantitative estimate of drug-likeness (QED) is 0.856. The number of hydrogen-bond donors (Lipinski definition) is 2. The first-order valence-electron chi connectivity index (χ1n) is 6.86. The van der Waals surface area contributed by atoms with Crippen LogP contribution in [0.25, 0.3) is 5.69 Å². The van der Waals surface area contributed by atoms with Gasteiger partial charge in [-0.2, -0.15) is 5.10 Å². The zero-order valence-electron chi connectivity index (χ0n) is 12.0. The Kier molecular flexibility index (Phi) is 5.16. The highest BCUT2D eigenvalue weighted by molar-refractivity contribution is 6.30. The van der Waals surface area contributed by atoms with Crippen molar-refractivity contribution in [1.82, 2.24) is 15.1 Å². The van der Waals surface area contributed by atoms with E-state index in [2.05, 4.69) is 10.4 Å². The normalized spacial score (nSPS) is 11.9. The van der Waals surface area contributed by atoms with Gasteiger partial charge in [-0.3, -0.25) is 4.79 Å². The van der Waals surface area contributed by atoms with Crippen molar-refractivity contribution in [3.05, 3.63) is 47.2 Å². The molecule has 0 aliphatic carbocycles. The highest BCUT2D eigenvalue weighted by Gasteiger charge is 2.20. The fourth-order valence-electron chi connectivity index (χ4n) is 1.96. The maximum absolute atomic E-state index is 12.1. The standard InChI is InChI=1S/C15H16ClN3O3/c1-2-3-13(15(21)22)17-14(20)12-8-9-19(18-12)11-6-4-10(16)5-7-11/h4-9,13H,2-3H2,1H3,(H,17,20)(H,21,22). The van der Waals surface area contributed by atoms with Crippen molar-refractivity contribution >= 4 is 23.5 Å². The van der Waals surface area contributed by atoms with Gasteiger partial charge in [-0.25, -0.2) is 9.48 Å². The number of rotatable bonds is 6. The third-order valence-electron chi connectivity index (χ3n) is 3.09. The topological polar surface area (TPSA) is 84.2 Å². The molecule has 0 aliphatic heterocycles. The van der Waals surface area contributed by atoms with E-state index in [9.17, 15) is 9.59 Å². The molecule has 1 heterocycles. The molecule has 0 aliphatic rings. The van der Waals surface area contributed by atoms with Crippen LogP contribution in [0.15, 0.2) is 36.5 Å². The molecule has 1 amide bonds. The van der Waals surface area contributed by atoms with Crippen LogP contribution in [-0.2, 0) is 4.79 Å². The average Bonchev–Trinajstić information content (AvgIpc) is 2.97. The van der Waals surface area contributed by atoms with Crippen LogP contribution < -0.4 is 5.32 Å². The summed E-state index contributed by atoms with van der Waals surface area (Å²) in [5, 5.41) is 16.3. The first-order valence-corrected chi connectivity index (χ1v) is 7.24. The van der Waals surface area contributed by atoms with Crippen LogP contribution in [0.3, 0.4) is 0 Å². The van der Waals surface area contributed by atoms with E-state index < -0.39 is 17.9 Å². The number of nitrogens with one attached hydrogen (secondary N) is 1. The predicted molar refractivity (Wildman–Crippen MR) is 82.4 cm³/mol. The molecule has 0 spiro atoms. The summed E-state index contributed by atoms with van der Waals surface area (Å²) in [7, 11) is 0. The third kappa shape index (κ3) is 3.85. The minimum absolute atomic E-state index is 0.164. The monoisotopic (exact) mass is 321 g/mol. The van der Waals surface area contributed by atoms with Crippen LogP contribution in [0, 0.1) is 0 Å². The van der Waals surface area contributed by atoms with Gasteiger partial charge in [0.25, 0.3) is 5.91 Å². The molecule has 2 aromatic rings. The summed E-state index contributed by atoms with van der Waals surface area (Å²) in [6.07, 6.45) is 2.67. The molecule has 6 nitrogen and oxygen atoms in total. The summed E-state index contributed by atoms with van der Waals surface area (Å²) >= 11 is 5.82. The Labute approximate surface area is 132 Å². The van der Waals surface area contributed by atoms with E-state index in [1.165, 1.54) is 10.7 Å². The zero-order chi connectivity index (χ0) is 16.1. The van der Waals surface area contributed by atoms with Gasteiger partial charge >= 0.3 is 5.97 Å². The molecule has 1 unspecified atom stereocenters. The molecular weight excluding hydrogens is 306 g/mol. The molecule has 1 aromatic heterocycles. The number of hydrogen-bond acceptors (Lipinski definition) is 3. The maximum Gasteiger partial charge on any atom is 0.326 e. The zero-order valence-corrected chi connectivity index (χ0v) is 12.7. The summed E-state index contributed by atoms with van der Waals surface area (Å²) in [4.78, 5) is 23.1. The van der Waals surface area contributed by atoms with Crippen LogP contribution in [0.5, 0.6) is 0 Å². The summed E-state index contributed by atoms with van der Waals surface area (Å²) < 4.78 is 1.53. The SMILES string of the molecule is CCCC(NC(=O)c1ccn(-c2ccc(Cl)cc2)n1)C(=O)O. The van der Waals surface area contributed by atoms with Crippen LogP contribution >= 0.6 is 11.6 Å². The smallest absolute Gasteiger partial charge is 0.326 e.